The second kappa shape index (κ2) is 8.14. The van der Waals surface area contributed by atoms with Crippen molar-refractivity contribution in [3.63, 3.8) is 0 Å². The Morgan fingerprint density at radius 2 is 2.00 bits per heavy atom. The van der Waals surface area contributed by atoms with E-state index in [1.165, 1.54) is 0 Å². The van der Waals surface area contributed by atoms with Crippen LogP contribution in [0.15, 0.2) is 24.3 Å². The Labute approximate surface area is 144 Å². The van der Waals surface area contributed by atoms with Gasteiger partial charge in [0, 0.05) is 18.3 Å². The van der Waals surface area contributed by atoms with Crippen LogP contribution in [0.5, 0.6) is 5.75 Å². The Morgan fingerprint density at radius 1 is 1.24 bits per heavy atom. The Bertz CT molecular complexity index is 813. The summed E-state index contributed by atoms with van der Waals surface area (Å²) < 4.78 is 52.3. The predicted molar refractivity (Wildman–Crippen MR) is 86.6 cm³/mol. The van der Waals surface area contributed by atoms with E-state index in [0.29, 0.717) is 18.0 Å². The lowest BCUT2D eigenvalue weighted by Gasteiger charge is -2.21. The van der Waals surface area contributed by atoms with Crippen molar-refractivity contribution in [3.05, 3.63) is 36.2 Å². The van der Waals surface area contributed by atoms with E-state index in [0.717, 1.165) is 0 Å². The van der Waals surface area contributed by atoms with E-state index in [-0.39, 0.29) is 25.0 Å². The first-order valence-electron chi connectivity index (χ1n) is 7.29. The molecule has 11 heteroatoms. The second-order valence-electron chi connectivity index (χ2n) is 4.79. The van der Waals surface area contributed by atoms with E-state index in [4.69, 9.17) is 9.29 Å². The number of halogens is 1. The molecular weight excluding hydrogens is 355 g/mol. The third-order valence-electron chi connectivity index (χ3n) is 2.98. The quantitative estimate of drug-likeness (QED) is 0.546. The highest BCUT2D eigenvalue weighted by atomic mass is 32.3. The van der Waals surface area contributed by atoms with Crippen molar-refractivity contribution in [2.75, 3.05) is 24.7 Å². The molecule has 1 N–H and O–H groups in total. The van der Waals surface area contributed by atoms with Crippen molar-refractivity contribution in [2.24, 2.45) is 0 Å². The lowest BCUT2D eigenvalue weighted by molar-refractivity contribution is 0.202. The van der Waals surface area contributed by atoms with Gasteiger partial charge in [0.15, 0.2) is 0 Å². The Kier molecular flexibility index (Phi) is 6.17. The molecule has 0 radical (unpaired) electrons. The van der Waals surface area contributed by atoms with E-state index in [1.807, 2.05) is 6.92 Å². The Hall–Kier alpha value is -2.37. The zero-order valence-electron chi connectivity index (χ0n) is 13.6. The molecule has 0 aliphatic carbocycles. The predicted octanol–water partition coefficient (Wildman–Crippen LogP) is 1.68. The van der Waals surface area contributed by atoms with Gasteiger partial charge in [0.25, 0.3) is 0 Å². The highest BCUT2D eigenvalue weighted by Gasteiger charge is 2.14. The van der Waals surface area contributed by atoms with Crippen LogP contribution in [0.3, 0.4) is 0 Å². The van der Waals surface area contributed by atoms with Crippen LogP contribution >= 0.6 is 0 Å². The van der Waals surface area contributed by atoms with Gasteiger partial charge in [-0.05, 0) is 26.0 Å². The van der Waals surface area contributed by atoms with E-state index in [9.17, 15) is 12.8 Å². The van der Waals surface area contributed by atoms with Gasteiger partial charge in [-0.2, -0.15) is 27.8 Å². The molecule has 0 spiro atoms. The molecule has 0 bridgehead atoms. The number of hydrogen-bond acceptors (Lipinski definition) is 8. The van der Waals surface area contributed by atoms with Crippen molar-refractivity contribution in [2.45, 2.75) is 13.8 Å². The van der Waals surface area contributed by atoms with Crippen LogP contribution in [-0.4, -0.2) is 47.7 Å². The fraction of sp³-hybridized carbons (Fsp3) is 0.357. The normalized spacial score (nSPS) is 11.4. The molecule has 2 rings (SSSR count). The van der Waals surface area contributed by atoms with Gasteiger partial charge in [-0.3, -0.25) is 4.55 Å². The summed E-state index contributed by atoms with van der Waals surface area (Å²) in [4.78, 5) is 13.0. The third-order valence-corrected chi connectivity index (χ3v) is 3.44. The van der Waals surface area contributed by atoms with Gasteiger partial charge in [-0.1, -0.05) is 6.07 Å². The molecule has 0 amide bonds. The first-order chi connectivity index (χ1) is 11.8. The average molecular weight is 372 g/mol. The zero-order valence-corrected chi connectivity index (χ0v) is 14.4. The van der Waals surface area contributed by atoms with Crippen LogP contribution < -0.4 is 9.64 Å². The highest BCUT2D eigenvalue weighted by Crippen LogP contribution is 2.25. The van der Waals surface area contributed by atoms with Gasteiger partial charge in [-0.25, -0.2) is 4.18 Å². The summed E-state index contributed by atoms with van der Waals surface area (Å²) in [5, 5.41) is 0. The summed E-state index contributed by atoms with van der Waals surface area (Å²) in [5.41, 5.74) is 0.653. The van der Waals surface area contributed by atoms with Crippen LogP contribution in [0.25, 0.3) is 0 Å². The molecule has 2 aromatic rings. The number of rotatable bonds is 8. The molecule has 0 aliphatic heterocycles. The van der Waals surface area contributed by atoms with Crippen LogP contribution in [0.1, 0.15) is 12.7 Å². The van der Waals surface area contributed by atoms with Crippen molar-refractivity contribution in [1.82, 2.24) is 15.0 Å². The smallest absolute Gasteiger partial charge is 0.397 e. The molecule has 0 atom stereocenters. The maximum Gasteiger partial charge on any atom is 0.397 e. The van der Waals surface area contributed by atoms with E-state index in [1.54, 1.807) is 36.1 Å². The van der Waals surface area contributed by atoms with Gasteiger partial charge in [0.05, 0.1) is 0 Å². The standard InChI is InChI=1S/C14H17FN4O5S/c1-3-19(14-17-10(2)16-13(15)18-14)11-5-4-6-12(9-11)23-7-8-24-25(20,21)22/h4-6,9H,3,7-8H2,1-2H3,(H,20,21,22). The zero-order chi connectivity index (χ0) is 18.4. The molecular formula is C14H17FN4O5S. The molecule has 1 aromatic heterocycles. The highest BCUT2D eigenvalue weighted by molar-refractivity contribution is 7.80. The minimum atomic E-state index is -4.49. The van der Waals surface area contributed by atoms with Gasteiger partial charge in [-0.15, -0.1) is 0 Å². The number of benzene rings is 1. The van der Waals surface area contributed by atoms with Crippen molar-refractivity contribution in [1.29, 1.82) is 0 Å². The topological polar surface area (TPSA) is 115 Å². The summed E-state index contributed by atoms with van der Waals surface area (Å²) in [6.45, 7) is 3.47. The molecule has 0 saturated carbocycles. The van der Waals surface area contributed by atoms with E-state index in [2.05, 4.69) is 19.1 Å². The van der Waals surface area contributed by atoms with Gasteiger partial charge in [0.2, 0.25) is 5.95 Å². The van der Waals surface area contributed by atoms with Gasteiger partial charge < -0.3 is 9.64 Å². The van der Waals surface area contributed by atoms with Crippen LogP contribution in [0.4, 0.5) is 16.0 Å². The largest absolute Gasteiger partial charge is 0.491 e. The number of nitrogens with zero attached hydrogens (tertiary/aromatic N) is 4. The van der Waals surface area contributed by atoms with Crippen molar-refractivity contribution in [3.8, 4) is 5.75 Å². The third kappa shape index (κ3) is 5.89. The van der Waals surface area contributed by atoms with Crippen LogP contribution in [-0.2, 0) is 14.6 Å². The van der Waals surface area contributed by atoms with Crippen molar-refractivity contribution >= 4 is 22.0 Å². The number of ether oxygens (including phenoxy) is 1. The molecule has 25 heavy (non-hydrogen) atoms. The summed E-state index contributed by atoms with van der Waals surface area (Å²) >= 11 is 0. The maximum absolute atomic E-state index is 13.4. The Morgan fingerprint density at radius 3 is 2.64 bits per heavy atom. The number of anilines is 2. The van der Waals surface area contributed by atoms with Gasteiger partial charge >= 0.3 is 16.5 Å². The van der Waals surface area contributed by atoms with Crippen molar-refractivity contribution < 1.29 is 26.3 Å². The first-order valence-corrected chi connectivity index (χ1v) is 8.65. The minimum absolute atomic E-state index is 0.0884. The summed E-state index contributed by atoms with van der Waals surface area (Å²) in [6, 6.07) is 6.79. The summed E-state index contributed by atoms with van der Waals surface area (Å²) in [6.07, 6.45) is -0.865. The molecule has 0 fully saturated rings. The Balaban J connectivity index is 2.12. The van der Waals surface area contributed by atoms with E-state index < -0.39 is 16.5 Å². The van der Waals surface area contributed by atoms with Crippen LogP contribution in [0, 0.1) is 13.0 Å². The SMILES string of the molecule is CCN(c1cccc(OCCOS(=O)(=O)O)c1)c1nc(C)nc(F)n1. The first kappa shape index (κ1) is 19.0. The monoisotopic (exact) mass is 372 g/mol. The molecule has 0 aliphatic rings. The molecule has 1 heterocycles. The lowest BCUT2D eigenvalue weighted by atomic mass is 10.2. The minimum Gasteiger partial charge on any atom is -0.491 e. The number of aromatic nitrogens is 3. The summed E-state index contributed by atoms with van der Waals surface area (Å²) in [7, 11) is -4.49. The molecule has 1 aromatic carbocycles. The van der Waals surface area contributed by atoms with Gasteiger partial charge in [0.1, 0.15) is 24.8 Å². The number of aryl methyl sites for hydroxylation is 1. The molecule has 0 unspecified atom stereocenters. The lowest BCUT2D eigenvalue weighted by Crippen LogP contribution is -2.20. The molecule has 136 valence electrons. The van der Waals surface area contributed by atoms with E-state index >= 15 is 0 Å². The fourth-order valence-corrected chi connectivity index (χ4v) is 2.31. The molecule has 9 nitrogen and oxygen atoms in total. The van der Waals surface area contributed by atoms with Crippen LogP contribution in [0.2, 0.25) is 0 Å². The average Bonchev–Trinajstić information content (AvgIpc) is 2.51. The summed E-state index contributed by atoms with van der Waals surface area (Å²) in [5.74, 6) is 0.858. The molecule has 0 saturated heterocycles. The fourth-order valence-electron chi connectivity index (χ4n) is 2.04. The number of hydrogen-bond donors (Lipinski definition) is 1. The maximum atomic E-state index is 13.4. The second-order valence-corrected chi connectivity index (χ2v) is 5.88.